The molecule has 0 aliphatic carbocycles. The van der Waals surface area contributed by atoms with E-state index >= 15 is 0 Å². The van der Waals surface area contributed by atoms with Gasteiger partial charge in [-0.2, -0.15) is 0 Å². The van der Waals surface area contributed by atoms with E-state index in [4.69, 9.17) is 9.84 Å². The van der Waals surface area contributed by atoms with Crippen molar-refractivity contribution in [1.82, 2.24) is 5.32 Å². The molecule has 2 aromatic carbocycles. The number of carbonyl (C=O) groups is 2. The third kappa shape index (κ3) is 6.38. The zero-order chi connectivity index (χ0) is 19.6. The van der Waals surface area contributed by atoms with Crippen LogP contribution in [0.1, 0.15) is 22.8 Å². The van der Waals surface area contributed by atoms with E-state index in [1.165, 1.54) is 19.1 Å². The molecule has 2 aromatic rings. The molecule has 2 rings (SSSR count). The van der Waals surface area contributed by atoms with Crippen LogP contribution in [0, 0.1) is 5.82 Å². The molecule has 0 saturated carbocycles. The van der Waals surface area contributed by atoms with E-state index in [0.29, 0.717) is 25.2 Å². The Morgan fingerprint density at radius 3 is 2.52 bits per heavy atom. The first-order valence-electron chi connectivity index (χ1n) is 8.68. The summed E-state index contributed by atoms with van der Waals surface area (Å²) in [6, 6.07) is 12.8. The smallest absolute Gasteiger partial charge is 0.341 e. The fourth-order valence-electron chi connectivity index (χ4n) is 2.41. The number of amides is 1. The molecule has 3 N–H and O–H groups in total. The van der Waals surface area contributed by atoms with Gasteiger partial charge in [-0.1, -0.05) is 24.3 Å². The second-order valence-corrected chi connectivity index (χ2v) is 5.91. The second-order valence-electron chi connectivity index (χ2n) is 5.91. The molecule has 0 bridgehead atoms. The number of rotatable bonds is 9. The number of para-hydroxylation sites is 1. The van der Waals surface area contributed by atoms with Crippen molar-refractivity contribution in [2.24, 2.45) is 0 Å². The minimum Gasteiger partial charge on any atom is -0.449 e. The highest BCUT2D eigenvalue weighted by Crippen LogP contribution is 2.16. The minimum absolute atomic E-state index is 0.0732. The Morgan fingerprint density at radius 1 is 1.11 bits per heavy atom. The fourth-order valence-corrected chi connectivity index (χ4v) is 2.41. The van der Waals surface area contributed by atoms with Gasteiger partial charge >= 0.3 is 5.97 Å². The third-order valence-electron chi connectivity index (χ3n) is 3.85. The second kappa shape index (κ2) is 10.3. The maximum Gasteiger partial charge on any atom is 0.341 e. The number of carbonyl (C=O) groups excluding carboxylic acids is 2. The standard InChI is InChI=1S/C20H23FN2O4/c1-14(19(25)23-11-10-15-6-8-16(21)9-7-15)27-20(26)17-4-2-3-5-18(17)22-12-13-24/h2-9,14,22,24H,10-13H2,1H3,(H,23,25)/t14-/m0/s1. The number of nitrogens with one attached hydrogen (secondary N) is 2. The summed E-state index contributed by atoms with van der Waals surface area (Å²) in [6.07, 6.45) is -0.419. The average molecular weight is 374 g/mol. The van der Waals surface area contributed by atoms with Gasteiger partial charge in [0.15, 0.2) is 6.10 Å². The van der Waals surface area contributed by atoms with Crippen LogP contribution in [-0.2, 0) is 16.0 Å². The highest BCUT2D eigenvalue weighted by Gasteiger charge is 2.20. The van der Waals surface area contributed by atoms with Gasteiger partial charge in [0.2, 0.25) is 0 Å². The van der Waals surface area contributed by atoms with Crippen LogP contribution in [0.25, 0.3) is 0 Å². The van der Waals surface area contributed by atoms with Crippen molar-refractivity contribution in [3.05, 3.63) is 65.5 Å². The predicted molar refractivity (Wildman–Crippen MR) is 100 cm³/mol. The molecule has 6 nitrogen and oxygen atoms in total. The molecule has 0 heterocycles. The van der Waals surface area contributed by atoms with Crippen molar-refractivity contribution >= 4 is 17.6 Å². The SMILES string of the molecule is C[C@H](OC(=O)c1ccccc1NCCO)C(=O)NCCc1ccc(F)cc1. The number of aliphatic hydroxyl groups excluding tert-OH is 1. The Labute approximate surface area is 157 Å². The van der Waals surface area contributed by atoms with Gasteiger partial charge in [-0.05, 0) is 43.2 Å². The predicted octanol–water partition coefficient (Wildman–Crippen LogP) is 2.13. The molecule has 0 saturated heterocycles. The number of hydrogen-bond donors (Lipinski definition) is 3. The van der Waals surface area contributed by atoms with E-state index in [1.54, 1.807) is 36.4 Å². The van der Waals surface area contributed by atoms with Gasteiger partial charge in [-0.25, -0.2) is 9.18 Å². The van der Waals surface area contributed by atoms with E-state index in [2.05, 4.69) is 10.6 Å². The number of benzene rings is 2. The van der Waals surface area contributed by atoms with Gasteiger partial charge in [-0.3, -0.25) is 4.79 Å². The number of anilines is 1. The Hall–Kier alpha value is -2.93. The van der Waals surface area contributed by atoms with Crippen molar-refractivity contribution in [3.63, 3.8) is 0 Å². The molecule has 0 spiro atoms. The van der Waals surface area contributed by atoms with Crippen LogP contribution < -0.4 is 10.6 Å². The van der Waals surface area contributed by atoms with Gasteiger partial charge in [0, 0.05) is 18.8 Å². The quantitative estimate of drug-likeness (QED) is 0.586. The molecule has 1 atom stereocenters. The van der Waals surface area contributed by atoms with E-state index < -0.39 is 18.0 Å². The summed E-state index contributed by atoms with van der Waals surface area (Å²) in [5.74, 6) is -1.35. The third-order valence-corrected chi connectivity index (χ3v) is 3.85. The summed E-state index contributed by atoms with van der Waals surface area (Å²) >= 11 is 0. The van der Waals surface area contributed by atoms with Crippen molar-refractivity contribution in [2.45, 2.75) is 19.4 Å². The molecule has 0 aromatic heterocycles. The number of aliphatic hydroxyl groups is 1. The van der Waals surface area contributed by atoms with Crippen LogP contribution in [0.3, 0.4) is 0 Å². The zero-order valence-electron chi connectivity index (χ0n) is 15.1. The van der Waals surface area contributed by atoms with Crippen molar-refractivity contribution in [2.75, 3.05) is 25.0 Å². The lowest BCUT2D eigenvalue weighted by atomic mass is 10.1. The average Bonchev–Trinajstić information content (AvgIpc) is 2.67. The van der Waals surface area contributed by atoms with Crippen LogP contribution in [-0.4, -0.2) is 42.8 Å². The monoisotopic (exact) mass is 374 g/mol. The van der Waals surface area contributed by atoms with Crippen LogP contribution in [0.2, 0.25) is 0 Å². The van der Waals surface area contributed by atoms with E-state index in [0.717, 1.165) is 5.56 Å². The van der Waals surface area contributed by atoms with Gasteiger partial charge in [0.1, 0.15) is 5.82 Å². The topological polar surface area (TPSA) is 87.7 Å². The Morgan fingerprint density at radius 2 is 1.81 bits per heavy atom. The minimum atomic E-state index is -0.961. The van der Waals surface area contributed by atoms with Crippen LogP contribution >= 0.6 is 0 Å². The lowest BCUT2D eigenvalue weighted by Gasteiger charge is -2.15. The zero-order valence-corrected chi connectivity index (χ0v) is 15.1. The molecule has 7 heteroatoms. The lowest BCUT2D eigenvalue weighted by Crippen LogP contribution is -2.37. The van der Waals surface area contributed by atoms with Crippen LogP contribution in [0.4, 0.5) is 10.1 Å². The Bertz CT molecular complexity index is 765. The molecular formula is C20H23FN2O4. The summed E-state index contributed by atoms with van der Waals surface area (Å²) in [5, 5.41) is 14.5. The molecule has 27 heavy (non-hydrogen) atoms. The summed E-state index contributed by atoms with van der Waals surface area (Å²) in [5.41, 5.74) is 1.71. The summed E-state index contributed by atoms with van der Waals surface area (Å²) in [7, 11) is 0. The molecule has 144 valence electrons. The van der Waals surface area contributed by atoms with Gasteiger partial charge < -0.3 is 20.5 Å². The maximum atomic E-state index is 12.9. The lowest BCUT2D eigenvalue weighted by molar-refractivity contribution is -0.129. The van der Waals surface area contributed by atoms with E-state index in [1.807, 2.05) is 0 Å². The summed E-state index contributed by atoms with van der Waals surface area (Å²) in [6.45, 7) is 2.07. The van der Waals surface area contributed by atoms with Crippen molar-refractivity contribution in [3.8, 4) is 0 Å². The van der Waals surface area contributed by atoms with Gasteiger partial charge in [-0.15, -0.1) is 0 Å². The Balaban J connectivity index is 1.84. The summed E-state index contributed by atoms with van der Waals surface area (Å²) in [4.78, 5) is 24.4. The van der Waals surface area contributed by atoms with E-state index in [9.17, 15) is 14.0 Å². The van der Waals surface area contributed by atoms with Crippen molar-refractivity contribution in [1.29, 1.82) is 0 Å². The number of ether oxygens (including phenoxy) is 1. The number of halogens is 1. The molecular weight excluding hydrogens is 351 g/mol. The van der Waals surface area contributed by atoms with E-state index in [-0.39, 0.29) is 18.0 Å². The van der Waals surface area contributed by atoms with Gasteiger partial charge in [0.25, 0.3) is 5.91 Å². The molecule has 0 radical (unpaired) electrons. The Kier molecular flexibility index (Phi) is 7.76. The number of hydrogen-bond acceptors (Lipinski definition) is 5. The van der Waals surface area contributed by atoms with Crippen LogP contribution in [0.15, 0.2) is 48.5 Å². The largest absolute Gasteiger partial charge is 0.449 e. The first-order valence-corrected chi connectivity index (χ1v) is 8.68. The van der Waals surface area contributed by atoms with Crippen molar-refractivity contribution < 1.29 is 23.8 Å². The highest BCUT2D eigenvalue weighted by molar-refractivity contribution is 5.97. The molecule has 0 fully saturated rings. The molecule has 1 amide bonds. The maximum absolute atomic E-state index is 12.9. The molecule has 0 unspecified atom stereocenters. The normalized spacial score (nSPS) is 11.5. The highest BCUT2D eigenvalue weighted by atomic mass is 19.1. The number of esters is 1. The fraction of sp³-hybridized carbons (Fsp3) is 0.300. The summed E-state index contributed by atoms with van der Waals surface area (Å²) < 4.78 is 18.1. The molecule has 0 aliphatic rings. The van der Waals surface area contributed by atoms with Gasteiger partial charge in [0.05, 0.1) is 12.2 Å². The van der Waals surface area contributed by atoms with Crippen LogP contribution in [0.5, 0.6) is 0 Å². The first kappa shape index (κ1) is 20.4. The first-order chi connectivity index (χ1) is 13.0. The molecule has 0 aliphatic heterocycles.